The number of aromatic nitrogens is 3. The minimum atomic E-state index is -0.300. The van der Waals surface area contributed by atoms with E-state index in [1.54, 1.807) is 26.4 Å². The first-order chi connectivity index (χ1) is 16.0. The van der Waals surface area contributed by atoms with Crippen LogP contribution in [0.3, 0.4) is 0 Å². The standard InChI is InChI=1S/C23H20Cl2N4O4/c1-31-16-5-3-4-6-17(16)33-12-19-27-21-13(7-8-18(32-2)23(21)28-19)9-20(30)29-22-14(24)10-26-11-15(22)25/h3-8,10-11H,9,12H2,1-2H3,(H,27,28)(H,26,29,30). The highest BCUT2D eigenvalue weighted by Gasteiger charge is 2.17. The van der Waals surface area contributed by atoms with Gasteiger partial charge in [-0.2, -0.15) is 0 Å². The summed E-state index contributed by atoms with van der Waals surface area (Å²) in [6.07, 6.45) is 2.87. The average Bonchev–Trinajstić information content (AvgIpc) is 3.25. The number of rotatable bonds is 8. The van der Waals surface area contributed by atoms with E-state index in [0.29, 0.717) is 45.4 Å². The molecule has 2 aromatic carbocycles. The van der Waals surface area contributed by atoms with Crippen molar-refractivity contribution in [3.8, 4) is 17.2 Å². The molecule has 0 saturated heterocycles. The lowest BCUT2D eigenvalue weighted by Gasteiger charge is -2.09. The SMILES string of the molecule is COc1ccccc1OCc1nc2c(CC(=O)Nc3c(Cl)cncc3Cl)ccc(OC)c2[nH]1. The molecule has 0 unspecified atom stereocenters. The third kappa shape index (κ3) is 4.97. The van der Waals surface area contributed by atoms with Crippen LogP contribution in [0.2, 0.25) is 10.0 Å². The van der Waals surface area contributed by atoms with Crippen molar-refractivity contribution >= 4 is 45.8 Å². The van der Waals surface area contributed by atoms with Crippen molar-refractivity contribution in [1.29, 1.82) is 0 Å². The fourth-order valence-corrected chi connectivity index (χ4v) is 3.78. The van der Waals surface area contributed by atoms with E-state index in [4.69, 9.17) is 37.4 Å². The monoisotopic (exact) mass is 486 g/mol. The highest BCUT2D eigenvalue weighted by Crippen LogP contribution is 2.31. The second-order valence-corrected chi connectivity index (χ2v) is 7.79. The number of hydrogen-bond donors (Lipinski definition) is 2. The van der Waals surface area contributed by atoms with Gasteiger partial charge in [-0.05, 0) is 23.8 Å². The van der Waals surface area contributed by atoms with Crippen molar-refractivity contribution in [2.75, 3.05) is 19.5 Å². The normalized spacial score (nSPS) is 10.8. The lowest BCUT2D eigenvalue weighted by Crippen LogP contribution is -2.15. The van der Waals surface area contributed by atoms with Crippen LogP contribution >= 0.6 is 23.2 Å². The van der Waals surface area contributed by atoms with Crippen molar-refractivity contribution in [3.63, 3.8) is 0 Å². The van der Waals surface area contributed by atoms with E-state index in [0.717, 1.165) is 0 Å². The molecule has 2 N–H and O–H groups in total. The van der Waals surface area contributed by atoms with Gasteiger partial charge in [-0.25, -0.2) is 4.98 Å². The number of nitrogens with zero attached hydrogens (tertiary/aromatic N) is 2. The van der Waals surface area contributed by atoms with Gasteiger partial charge in [0.15, 0.2) is 11.5 Å². The number of benzene rings is 2. The first-order valence-electron chi connectivity index (χ1n) is 9.89. The van der Waals surface area contributed by atoms with Crippen molar-refractivity contribution in [1.82, 2.24) is 15.0 Å². The van der Waals surface area contributed by atoms with Crippen LogP contribution in [0.5, 0.6) is 17.2 Å². The van der Waals surface area contributed by atoms with E-state index >= 15 is 0 Å². The van der Waals surface area contributed by atoms with Gasteiger partial charge in [0.25, 0.3) is 0 Å². The van der Waals surface area contributed by atoms with Gasteiger partial charge in [-0.1, -0.05) is 41.4 Å². The first kappa shape index (κ1) is 22.7. The fraction of sp³-hybridized carbons (Fsp3) is 0.174. The van der Waals surface area contributed by atoms with Gasteiger partial charge in [-0.3, -0.25) is 9.78 Å². The molecule has 0 atom stereocenters. The number of nitrogens with one attached hydrogen (secondary N) is 2. The van der Waals surface area contributed by atoms with E-state index in [1.165, 1.54) is 12.4 Å². The summed E-state index contributed by atoms with van der Waals surface area (Å²) < 4.78 is 16.6. The fourth-order valence-electron chi connectivity index (χ4n) is 3.32. The summed E-state index contributed by atoms with van der Waals surface area (Å²) in [6, 6.07) is 10.9. The van der Waals surface area contributed by atoms with Gasteiger partial charge in [0, 0.05) is 12.4 Å². The Labute approximate surface area is 199 Å². The summed E-state index contributed by atoms with van der Waals surface area (Å²) in [5.41, 5.74) is 2.29. The molecule has 2 aromatic heterocycles. The maximum absolute atomic E-state index is 12.7. The number of fused-ring (bicyclic) bond motifs is 1. The quantitative estimate of drug-likeness (QED) is 0.361. The molecule has 0 radical (unpaired) electrons. The van der Waals surface area contributed by atoms with Gasteiger partial charge in [0.05, 0.1) is 41.9 Å². The molecular weight excluding hydrogens is 467 g/mol. The molecule has 1 amide bonds. The summed E-state index contributed by atoms with van der Waals surface area (Å²) in [5, 5.41) is 3.25. The molecule has 170 valence electrons. The maximum Gasteiger partial charge on any atom is 0.228 e. The number of halogens is 2. The van der Waals surface area contributed by atoms with Gasteiger partial charge in [0.1, 0.15) is 23.7 Å². The van der Waals surface area contributed by atoms with E-state index in [-0.39, 0.29) is 29.0 Å². The Hall–Kier alpha value is -3.49. The molecule has 0 bridgehead atoms. The summed E-state index contributed by atoms with van der Waals surface area (Å²) in [7, 11) is 3.15. The molecule has 10 heteroatoms. The van der Waals surface area contributed by atoms with Crippen LogP contribution in [0.25, 0.3) is 11.0 Å². The number of para-hydroxylation sites is 2. The third-order valence-corrected chi connectivity index (χ3v) is 5.43. The maximum atomic E-state index is 12.7. The molecule has 0 fully saturated rings. The van der Waals surface area contributed by atoms with Crippen LogP contribution in [0.15, 0.2) is 48.8 Å². The molecule has 0 spiro atoms. The van der Waals surface area contributed by atoms with E-state index < -0.39 is 0 Å². The number of H-pyrrole nitrogens is 1. The number of carbonyl (C=O) groups excluding carboxylic acids is 1. The van der Waals surface area contributed by atoms with Gasteiger partial charge in [0.2, 0.25) is 5.91 Å². The minimum absolute atomic E-state index is 0.0487. The predicted octanol–water partition coefficient (Wildman–Crippen LogP) is 5.04. The van der Waals surface area contributed by atoms with Gasteiger partial charge in [-0.15, -0.1) is 0 Å². The number of ether oxygens (including phenoxy) is 3. The summed E-state index contributed by atoms with van der Waals surface area (Å²) in [5.74, 6) is 2.09. The zero-order chi connectivity index (χ0) is 23.4. The molecule has 4 aromatic rings. The predicted molar refractivity (Wildman–Crippen MR) is 127 cm³/mol. The van der Waals surface area contributed by atoms with E-state index in [9.17, 15) is 4.79 Å². The molecule has 0 aliphatic heterocycles. The van der Waals surface area contributed by atoms with Crippen LogP contribution in [0.1, 0.15) is 11.4 Å². The highest BCUT2D eigenvalue weighted by atomic mass is 35.5. The molecule has 8 nitrogen and oxygen atoms in total. The lowest BCUT2D eigenvalue weighted by molar-refractivity contribution is -0.115. The number of aromatic amines is 1. The van der Waals surface area contributed by atoms with Crippen LogP contribution in [0, 0.1) is 0 Å². The Morgan fingerprint density at radius 1 is 1.00 bits per heavy atom. The summed E-state index contributed by atoms with van der Waals surface area (Å²) in [6.45, 7) is 0.173. The Kier molecular flexibility index (Phi) is 6.86. The largest absolute Gasteiger partial charge is 0.494 e. The molecule has 0 aliphatic carbocycles. The van der Waals surface area contributed by atoms with Crippen LogP contribution < -0.4 is 19.5 Å². The molecule has 0 aliphatic rings. The number of anilines is 1. The van der Waals surface area contributed by atoms with Gasteiger partial charge < -0.3 is 24.5 Å². The minimum Gasteiger partial charge on any atom is -0.494 e. The van der Waals surface area contributed by atoms with E-state index in [1.807, 2.05) is 24.3 Å². The topological polar surface area (TPSA) is 98.4 Å². The first-order valence-corrected chi connectivity index (χ1v) is 10.6. The molecule has 0 saturated carbocycles. The van der Waals surface area contributed by atoms with Crippen LogP contribution in [-0.2, 0) is 17.8 Å². The number of carbonyl (C=O) groups is 1. The Bertz CT molecular complexity index is 1290. The van der Waals surface area contributed by atoms with E-state index in [2.05, 4.69) is 20.3 Å². The van der Waals surface area contributed by atoms with Crippen molar-refractivity contribution < 1.29 is 19.0 Å². The number of pyridine rings is 1. The third-order valence-electron chi connectivity index (χ3n) is 4.86. The second kappa shape index (κ2) is 9.97. The van der Waals surface area contributed by atoms with Gasteiger partial charge >= 0.3 is 0 Å². The molecular formula is C23H20Cl2N4O4. The zero-order valence-electron chi connectivity index (χ0n) is 17.8. The van der Waals surface area contributed by atoms with Crippen LogP contribution in [-0.4, -0.2) is 35.1 Å². The Morgan fingerprint density at radius 3 is 2.39 bits per heavy atom. The number of amides is 1. The molecule has 2 heterocycles. The molecule has 33 heavy (non-hydrogen) atoms. The lowest BCUT2D eigenvalue weighted by atomic mass is 10.1. The summed E-state index contributed by atoms with van der Waals surface area (Å²) in [4.78, 5) is 24.5. The summed E-state index contributed by atoms with van der Waals surface area (Å²) >= 11 is 12.2. The van der Waals surface area contributed by atoms with Crippen molar-refractivity contribution in [3.05, 3.63) is 70.2 Å². The number of methoxy groups -OCH3 is 2. The smallest absolute Gasteiger partial charge is 0.228 e. The number of hydrogen-bond acceptors (Lipinski definition) is 6. The second-order valence-electron chi connectivity index (χ2n) is 6.98. The molecule has 4 rings (SSSR count). The average molecular weight is 487 g/mol. The Balaban J connectivity index is 1.57. The van der Waals surface area contributed by atoms with Crippen LogP contribution in [0.4, 0.5) is 5.69 Å². The Morgan fingerprint density at radius 2 is 1.70 bits per heavy atom. The van der Waals surface area contributed by atoms with Crippen molar-refractivity contribution in [2.45, 2.75) is 13.0 Å². The number of imidazole rings is 1. The van der Waals surface area contributed by atoms with Crippen molar-refractivity contribution in [2.24, 2.45) is 0 Å². The highest BCUT2D eigenvalue weighted by molar-refractivity contribution is 6.39. The zero-order valence-corrected chi connectivity index (χ0v) is 19.3.